The van der Waals surface area contributed by atoms with Crippen LogP contribution in [0.3, 0.4) is 0 Å². The zero-order valence-electron chi connectivity index (χ0n) is 16.2. The van der Waals surface area contributed by atoms with E-state index in [0.717, 1.165) is 18.2 Å². The number of hydrogen-bond donors (Lipinski definition) is 5. The molecular formula is C20H21N3O7S. The van der Waals surface area contributed by atoms with Crippen LogP contribution in [-0.4, -0.2) is 50.8 Å². The van der Waals surface area contributed by atoms with Gasteiger partial charge in [-0.15, -0.1) is 0 Å². The molecular weight excluding hydrogens is 426 g/mol. The Labute approximate surface area is 182 Å². The van der Waals surface area contributed by atoms with Gasteiger partial charge in [0.25, 0.3) is 5.91 Å². The number of rotatable bonds is 10. The smallest absolute Gasteiger partial charge is 0.326 e. The van der Waals surface area contributed by atoms with Crippen LogP contribution >= 0.6 is 12.6 Å². The third-order valence-corrected chi connectivity index (χ3v) is 4.63. The number of carbonyl (C=O) groups is 3. The summed E-state index contributed by atoms with van der Waals surface area (Å²) in [4.78, 5) is 46.7. The van der Waals surface area contributed by atoms with Gasteiger partial charge in [-0.05, 0) is 29.9 Å². The first-order valence-corrected chi connectivity index (χ1v) is 9.82. The van der Waals surface area contributed by atoms with Gasteiger partial charge in [-0.2, -0.15) is 12.6 Å². The molecule has 0 radical (unpaired) electrons. The van der Waals surface area contributed by atoms with Gasteiger partial charge in [-0.3, -0.25) is 19.7 Å². The van der Waals surface area contributed by atoms with Gasteiger partial charge in [0.05, 0.1) is 4.92 Å². The molecule has 0 spiro atoms. The molecule has 2 aromatic carbocycles. The number of phenolic OH excluding ortho intramolecular Hbond substituents is 1. The summed E-state index contributed by atoms with van der Waals surface area (Å²) in [6.07, 6.45) is 0.164. The second-order valence-corrected chi connectivity index (χ2v) is 7.04. The number of phenols is 1. The highest BCUT2D eigenvalue weighted by molar-refractivity contribution is 7.80. The lowest BCUT2D eigenvalue weighted by molar-refractivity contribution is -0.385. The quantitative estimate of drug-likeness (QED) is 0.210. The number of thiol groups is 1. The highest BCUT2D eigenvalue weighted by Gasteiger charge is 2.27. The molecule has 0 saturated heterocycles. The van der Waals surface area contributed by atoms with E-state index in [9.17, 15) is 34.7 Å². The highest BCUT2D eigenvalue weighted by Crippen LogP contribution is 2.26. The number of carboxylic acid groups (broad SMARTS) is 1. The SMILES string of the molecule is O=C(NC(CCS)C(=O)N[C@H](Cc1ccccc1)C(=O)O)c1ccc([N+](=O)[O-])c(O)c1. The number of aliphatic carboxylic acids is 1. The van der Waals surface area contributed by atoms with Crippen LogP contribution in [0.1, 0.15) is 22.3 Å². The van der Waals surface area contributed by atoms with Crippen molar-refractivity contribution in [2.45, 2.75) is 24.9 Å². The van der Waals surface area contributed by atoms with Crippen LogP contribution in [0, 0.1) is 10.1 Å². The predicted octanol–water partition coefficient (Wildman–Crippen LogP) is 1.53. The summed E-state index contributed by atoms with van der Waals surface area (Å²) in [5, 5.41) is 34.8. The normalized spacial score (nSPS) is 12.4. The largest absolute Gasteiger partial charge is 0.502 e. The van der Waals surface area contributed by atoms with Crippen molar-refractivity contribution in [3.63, 3.8) is 0 Å². The number of nitro benzene ring substituents is 1. The first-order valence-electron chi connectivity index (χ1n) is 9.19. The van der Waals surface area contributed by atoms with Gasteiger partial charge in [0.1, 0.15) is 12.1 Å². The number of benzene rings is 2. The number of carboxylic acids is 1. The van der Waals surface area contributed by atoms with E-state index in [1.54, 1.807) is 30.3 Å². The van der Waals surface area contributed by atoms with Crippen LogP contribution in [0.25, 0.3) is 0 Å². The maximum atomic E-state index is 12.7. The molecule has 0 aromatic heterocycles. The van der Waals surface area contributed by atoms with E-state index < -0.39 is 46.2 Å². The second-order valence-electron chi connectivity index (χ2n) is 6.59. The minimum absolute atomic E-state index is 0.0552. The topological polar surface area (TPSA) is 159 Å². The number of nitrogens with zero attached hydrogens (tertiary/aromatic N) is 1. The molecule has 0 fully saturated rings. The Hall–Kier alpha value is -3.60. The lowest BCUT2D eigenvalue weighted by Gasteiger charge is -2.21. The zero-order valence-corrected chi connectivity index (χ0v) is 17.1. The summed E-state index contributed by atoms with van der Waals surface area (Å²) < 4.78 is 0. The van der Waals surface area contributed by atoms with Gasteiger partial charge >= 0.3 is 11.7 Å². The molecule has 2 rings (SSSR count). The standard InChI is InChI=1S/C20H21N3O7S/c24-17-11-13(6-7-16(17)23(29)30)18(25)21-14(8-9-31)19(26)22-15(20(27)28)10-12-4-2-1-3-5-12/h1-7,11,14-15,24,31H,8-10H2,(H,21,25)(H,22,26)(H,27,28)/t14?,15-/m1/s1. The number of hydrogen-bond acceptors (Lipinski definition) is 7. The van der Waals surface area contributed by atoms with E-state index >= 15 is 0 Å². The maximum absolute atomic E-state index is 12.7. The first-order chi connectivity index (χ1) is 14.7. The number of nitro groups is 1. The van der Waals surface area contributed by atoms with Crippen LogP contribution in [0.5, 0.6) is 5.75 Å². The molecule has 0 aliphatic rings. The molecule has 0 bridgehead atoms. The fraction of sp³-hybridized carbons (Fsp3) is 0.250. The molecule has 1 unspecified atom stereocenters. The lowest BCUT2D eigenvalue weighted by Crippen LogP contribution is -2.52. The fourth-order valence-electron chi connectivity index (χ4n) is 2.78. The first kappa shape index (κ1) is 23.7. The van der Waals surface area contributed by atoms with Crippen molar-refractivity contribution in [3.8, 4) is 5.75 Å². The van der Waals surface area contributed by atoms with E-state index in [1.807, 2.05) is 0 Å². The van der Waals surface area contributed by atoms with E-state index in [4.69, 9.17) is 0 Å². The van der Waals surface area contributed by atoms with Crippen LogP contribution < -0.4 is 10.6 Å². The molecule has 31 heavy (non-hydrogen) atoms. The molecule has 11 heteroatoms. The molecule has 2 amide bonds. The summed E-state index contributed by atoms with van der Waals surface area (Å²) in [6.45, 7) is 0. The molecule has 0 heterocycles. The minimum Gasteiger partial charge on any atom is -0.502 e. The van der Waals surface area contributed by atoms with Gasteiger partial charge in [-0.1, -0.05) is 30.3 Å². The van der Waals surface area contributed by atoms with Crippen molar-refractivity contribution in [3.05, 3.63) is 69.8 Å². The van der Waals surface area contributed by atoms with Gasteiger partial charge in [0.15, 0.2) is 5.75 Å². The molecule has 0 saturated carbocycles. The molecule has 10 nitrogen and oxygen atoms in total. The minimum atomic E-state index is -1.23. The third-order valence-electron chi connectivity index (χ3n) is 4.37. The predicted molar refractivity (Wildman–Crippen MR) is 114 cm³/mol. The molecule has 0 aliphatic carbocycles. The van der Waals surface area contributed by atoms with Crippen LogP contribution in [0.2, 0.25) is 0 Å². The van der Waals surface area contributed by atoms with Crippen molar-refractivity contribution >= 4 is 36.1 Å². The zero-order chi connectivity index (χ0) is 23.0. The number of nitrogens with one attached hydrogen (secondary N) is 2. The van der Waals surface area contributed by atoms with Crippen molar-refractivity contribution in [2.75, 3.05) is 5.75 Å². The summed E-state index contributed by atoms with van der Waals surface area (Å²) in [5.74, 6) is -3.17. The van der Waals surface area contributed by atoms with Gasteiger partial charge in [-0.25, -0.2) is 4.79 Å². The van der Waals surface area contributed by atoms with Crippen LogP contribution in [-0.2, 0) is 16.0 Å². The molecule has 164 valence electrons. The van der Waals surface area contributed by atoms with Crippen molar-refractivity contribution in [2.24, 2.45) is 0 Å². The van der Waals surface area contributed by atoms with E-state index in [2.05, 4.69) is 23.3 Å². The monoisotopic (exact) mass is 447 g/mol. The average Bonchev–Trinajstić information content (AvgIpc) is 2.73. The highest BCUT2D eigenvalue weighted by atomic mass is 32.1. The third kappa shape index (κ3) is 6.71. The summed E-state index contributed by atoms with van der Waals surface area (Å²) in [5.41, 5.74) is 0.0527. The van der Waals surface area contributed by atoms with Gasteiger partial charge in [0.2, 0.25) is 5.91 Å². The van der Waals surface area contributed by atoms with Gasteiger partial charge in [0, 0.05) is 18.1 Å². The fourth-order valence-corrected chi connectivity index (χ4v) is 3.04. The Morgan fingerprint density at radius 1 is 1.06 bits per heavy atom. The van der Waals surface area contributed by atoms with Crippen molar-refractivity contribution in [1.29, 1.82) is 0 Å². The lowest BCUT2D eigenvalue weighted by atomic mass is 10.1. The molecule has 2 atom stereocenters. The second kappa shape index (κ2) is 11.0. The molecule has 0 aliphatic heterocycles. The van der Waals surface area contributed by atoms with Crippen LogP contribution in [0.15, 0.2) is 48.5 Å². The van der Waals surface area contributed by atoms with Crippen LogP contribution in [0.4, 0.5) is 5.69 Å². The molecule has 4 N–H and O–H groups in total. The van der Waals surface area contributed by atoms with Crippen molar-refractivity contribution < 1.29 is 29.5 Å². The van der Waals surface area contributed by atoms with Crippen molar-refractivity contribution in [1.82, 2.24) is 10.6 Å². The number of carbonyl (C=O) groups excluding carboxylic acids is 2. The Bertz CT molecular complexity index is 969. The van der Waals surface area contributed by atoms with E-state index in [-0.39, 0.29) is 24.2 Å². The maximum Gasteiger partial charge on any atom is 0.326 e. The summed E-state index contributed by atoms with van der Waals surface area (Å²) >= 11 is 4.07. The van der Waals surface area contributed by atoms with Gasteiger partial charge < -0.3 is 20.8 Å². The Morgan fingerprint density at radius 2 is 1.74 bits per heavy atom. The molecule has 2 aromatic rings. The Balaban J connectivity index is 2.11. The summed E-state index contributed by atoms with van der Waals surface area (Å²) in [6, 6.07) is 9.46. The Kier molecular flexibility index (Phi) is 8.38. The number of amides is 2. The Morgan fingerprint density at radius 3 is 2.29 bits per heavy atom. The summed E-state index contributed by atoms with van der Waals surface area (Å²) in [7, 11) is 0. The average molecular weight is 447 g/mol. The van der Waals surface area contributed by atoms with E-state index in [1.165, 1.54) is 0 Å². The van der Waals surface area contributed by atoms with E-state index in [0.29, 0.717) is 5.56 Å². The number of aromatic hydroxyl groups is 1.